The van der Waals surface area contributed by atoms with Gasteiger partial charge in [-0.05, 0) is 33.6 Å². The molecule has 0 unspecified atom stereocenters. The average molecular weight is 489 g/mol. The second-order valence-electron chi connectivity index (χ2n) is 8.70. The third-order valence-electron chi connectivity index (χ3n) is 5.93. The summed E-state index contributed by atoms with van der Waals surface area (Å²) in [5, 5.41) is 0. The molecule has 0 fully saturated rings. The van der Waals surface area contributed by atoms with E-state index in [2.05, 4.69) is 51.3 Å². The first-order valence-electron chi connectivity index (χ1n) is 13.6. The van der Waals surface area contributed by atoms with Gasteiger partial charge in [-0.15, -0.1) is 0 Å². The van der Waals surface area contributed by atoms with Crippen molar-refractivity contribution in [2.24, 2.45) is 0 Å². The number of aryl methyl sites for hydroxylation is 2. The summed E-state index contributed by atoms with van der Waals surface area (Å²) in [6.07, 6.45) is 24.5. The summed E-state index contributed by atoms with van der Waals surface area (Å²) in [6.45, 7) is 12.4. The van der Waals surface area contributed by atoms with Crippen LogP contribution < -0.4 is 9.46 Å². The van der Waals surface area contributed by atoms with Gasteiger partial charge in [-0.2, -0.15) is 0 Å². The smallest absolute Gasteiger partial charge is 0.267 e. The Morgan fingerprint density at radius 3 is 1.58 bits per heavy atom. The van der Waals surface area contributed by atoms with Gasteiger partial charge in [0.05, 0.1) is 26.3 Å². The second-order valence-corrected chi connectivity index (χ2v) is 10.1. The van der Waals surface area contributed by atoms with E-state index in [4.69, 9.17) is 0 Å². The number of phosphoric acid groups is 1. The zero-order valence-electron chi connectivity index (χ0n) is 22.4. The molecule has 33 heavy (non-hydrogen) atoms. The van der Waals surface area contributed by atoms with Crippen molar-refractivity contribution in [2.75, 3.05) is 13.2 Å². The fourth-order valence-corrected chi connectivity index (χ4v) is 4.65. The third-order valence-corrected chi connectivity index (χ3v) is 7.07. The van der Waals surface area contributed by atoms with Gasteiger partial charge in [0.25, 0.3) is 13.6 Å². The van der Waals surface area contributed by atoms with E-state index in [1.165, 1.54) is 102 Å². The van der Waals surface area contributed by atoms with Crippen LogP contribution in [0, 0.1) is 6.92 Å². The first kappa shape index (κ1) is 32.3. The Kier molecular flexibility index (Phi) is 21.4. The van der Waals surface area contributed by atoms with Crippen LogP contribution in [0.4, 0.5) is 0 Å². The summed E-state index contributed by atoms with van der Waals surface area (Å²) in [5.74, 6) is 1.40. The molecule has 0 radical (unpaired) electrons. The summed E-state index contributed by atoms with van der Waals surface area (Å²) >= 11 is 0. The molecule has 1 heterocycles. The summed E-state index contributed by atoms with van der Waals surface area (Å²) in [7, 11) is -3.94. The maximum Gasteiger partial charge on any atom is 0.267 e. The summed E-state index contributed by atoms with van der Waals surface area (Å²) in [5.41, 5.74) is 0. The minimum Gasteiger partial charge on any atom is -0.756 e. The predicted molar refractivity (Wildman–Crippen MR) is 136 cm³/mol. The van der Waals surface area contributed by atoms with Gasteiger partial charge < -0.3 is 13.9 Å². The van der Waals surface area contributed by atoms with Crippen LogP contribution in [0.3, 0.4) is 0 Å². The number of nitrogens with zero attached hydrogens (tertiary/aromatic N) is 2. The van der Waals surface area contributed by atoms with E-state index >= 15 is 0 Å². The van der Waals surface area contributed by atoms with E-state index in [0.717, 1.165) is 6.54 Å². The summed E-state index contributed by atoms with van der Waals surface area (Å²) in [4.78, 5) is 10.4. The van der Waals surface area contributed by atoms with E-state index in [1.807, 2.05) is 0 Å². The molecule has 1 rings (SSSR count). The number of imidazole rings is 1. The van der Waals surface area contributed by atoms with Gasteiger partial charge in [0.1, 0.15) is 12.4 Å². The van der Waals surface area contributed by atoms with Crippen molar-refractivity contribution >= 4 is 7.82 Å². The summed E-state index contributed by atoms with van der Waals surface area (Å²) in [6, 6.07) is 0. The minimum atomic E-state index is -3.94. The fourth-order valence-electron chi connectivity index (χ4n) is 3.94. The van der Waals surface area contributed by atoms with Crippen LogP contribution in [-0.4, -0.2) is 17.8 Å². The average Bonchev–Trinajstić information content (AvgIpc) is 3.13. The minimum absolute atomic E-state index is 0.126. The van der Waals surface area contributed by atoms with Crippen molar-refractivity contribution in [3.63, 3.8) is 0 Å². The van der Waals surface area contributed by atoms with Crippen LogP contribution in [0.1, 0.15) is 123 Å². The Morgan fingerprint density at radius 1 is 0.788 bits per heavy atom. The van der Waals surface area contributed by atoms with Crippen molar-refractivity contribution in [1.82, 2.24) is 4.57 Å². The maximum absolute atomic E-state index is 10.4. The lowest BCUT2D eigenvalue weighted by atomic mass is 10.0. The Bertz CT molecular complexity index is 597. The number of rotatable bonds is 20. The second kappa shape index (κ2) is 21.8. The molecule has 0 aromatic carbocycles. The molecular weight excluding hydrogens is 435 g/mol. The molecule has 0 spiro atoms. The van der Waals surface area contributed by atoms with Gasteiger partial charge in [0.15, 0.2) is 0 Å². The number of aromatic nitrogens is 2. The van der Waals surface area contributed by atoms with E-state index in [1.54, 1.807) is 13.8 Å². The Morgan fingerprint density at radius 2 is 1.21 bits per heavy atom. The molecule has 1 aromatic rings. The largest absolute Gasteiger partial charge is 0.756 e. The molecule has 0 saturated carbocycles. The highest BCUT2D eigenvalue weighted by Crippen LogP contribution is 2.37. The molecule has 0 aliphatic heterocycles. The van der Waals surface area contributed by atoms with Crippen molar-refractivity contribution < 1.29 is 23.1 Å². The lowest BCUT2D eigenvalue weighted by Crippen LogP contribution is -2.35. The van der Waals surface area contributed by atoms with Gasteiger partial charge in [0.2, 0.25) is 0 Å². The molecule has 0 bridgehead atoms. The third kappa shape index (κ3) is 18.3. The van der Waals surface area contributed by atoms with Gasteiger partial charge in [-0.1, -0.05) is 84.0 Å². The number of phosphoric ester groups is 1. The molecular formula is C26H53N2O4P. The lowest BCUT2D eigenvalue weighted by Gasteiger charge is -2.20. The first-order chi connectivity index (χ1) is 15.9. The monoisotopic (exact) mass is 488 g/mol. The molecule has 0 atom stereocenters. The number of hydrogen-bond donors (Lipinski definition) is 0. The van der Waals surface area contributed by atoms with Crippen molar-refractivity contribution in [2.45, 2.75) is 138 Å². The highest BCUT2D eigenvalue weighted by atomic mass is 31.2. The van der Waals surface area contributed by atoms with Gasteiger partial charge >= 0.3 is 0 Å². The quantitative estimate of drug-likeness (QED) is 0.111. The van der Waals surface area contributed by atoms with E-state index in [-0.39, 0.29) is 13.2 Å². The number of hydrogen-bond acceptors (Lipinski definition) is 4. The van der Waals surface area contributed by atoms with Crippen LogP contribution in [0.15, 0.2) is 12.4 Å². The standard InChI is InChI=1S/C22H43N2.C4H11O4P/c1-4-6-7-8-9-10-11-12-13-14-15-16-17-18-19-24-21-20-23(5-2)22(24)3;1-3-7-9(5,6)8-4-2/h20-21H,4-19H2,1-3H3;3-4H2,1-2H3,(H,5,6)/q+1;/p-1. The topological polar surface area (TPSA) is 67.4 Å². The Labute approximate surface area is 204 Å². The highest BCUT2D eigenvalue weighted by molar-refractivity contribution is 7.45. The van der Waals surface area contributed by atoms with Crippen molar-refractivity contribution in [3.8, 4) is 0 Å². The van der Waals surface area contributed by atoms with Crippen molar-refractivity contribution in [1.29, 1.82) is 0 Å². The van der Waals surface area contributed by atoms with Crippen LogP contribution >= 0.6 is 7.82 Å². The van der Waals surface area contributed by atoms with Crippen molar-refractivity contribution in [3.05, 3.63) is 18.2 Å². The molecule has 196 valence electrons. The molecule has 1 aromatic heterocycles. The SMILES string of the molecule is CCCCCCCCCCCCCCCC[n+]1ccn(CC)c1C.CCOP(=O)([O-])OCC. The normalized spacial score (nSPS) is 11.5. The first-order valence-corrected chi connectivity index (χ1v) is 15.0. The van der Waals surface area contributed by atoms with E-state index in [9.17, 15) is 9.46 Å². The van der Waals surface area contributed by atoms with Gasteiger partial charge in [-0.25, -0.2) is 9.13 Å². The molecule has 0 aliphatic rings. The lowest BCUT2D eigenvalue weighted by molar-refractivity contribution is -0.702. The predicted octanol–water partition coefficient (Wildman–Crippen LogP) is 7.11. The zero-order chi connectivity index (χ0) is 24.8. The van der Waals surface area contributed by atoms with Crippen LogP contribution in [0.2, 0.25) is 0 Å². The van der Waals surface area contributed by atoms with Gasteiger partial charge in [0, 0.05) is 6.92 Å². The summed E-state index contributed by atoms with van der Waals surface area (Å²) < 4.78 is 23.6. The Hall–Kier alpha value is -0.680. The molecule has 6 nitrogen and oxygen atoms in total. The van der Waals surface area contributed by atoms with Crippen LogP contribution in [0.5, 0.6) is 0 Å². The fraction of sp³-hybridized carbons (Fsp3) is 0.885. The molecule has 0 aliphatic carbocycles. The highest BCUT2D eigenvalue weighted by Gasteiger charge is 2.09. The van der Waals surface area contributed by atoms with Gasteiger partial charge in [-0.3, -0.25) is 4.57 Å². The molecule has 7 heteroatoms. The molecule has 0 amide bonds. The van der Waals surface area contributed by atoms with E-state index in [0.29, 0.717) is 0 Å². The number of unbranched alkanes of at least 4 members (excludes halogenated alkanes) is 13. The Balaban J connectivity index is 0.000000960. The van der Waals surface area contributed by atoms with Crippen LogP contribution in [-0.2, 0) is 26.7 Å². The molecule has 0 N–H and O–H groups in total. The van der Waals surface area contributed by atoms with E-state index < -0.39 is 7.82 Å². The maximum atomic E-state index is 10.4. The molecule has 0 saturated heterocycles. The zero-order valence-corrected chi connectivity index (χ0v) is 23.3. The van der Waals surface area contributed by atoms with Crippen LogP contribution in [0.25, 0.3) is 0 Å².